The van der Waals surface area contributed by atoms with Crippen LogP contribution in [0.2, 0.25) is 0 Å². The van der Waals surface area contributed by atoms with Gasteiger partial charge in [-0.15, -0.1) is 0 Å². The van der Waals surface area contributed by atoms with Crippen molar-refractivity contribution in [1.29, 1.82) is 0 Å². The number of unbranched alkanes of at least 4 members (excludes halogenated alkanes) is 1. The van der Waals surface area contributed by atoms with E-state index < -0.39 is 0 Å². The normalized spacial score (nSPS) is 9.75. The van der Waals surface area contributed by atoms with Crippen LogP contribution in [0.25, 0.3) is 0 Å². The summed E-state index contributed by atoms with van der Waals surface area (Å²) in [6.45, 7) is 1.42. The topological polar surface area (TPSA) is 18.5 Å². The minimum absolute atomic E-state index is 0.712. The number of ether oxygens (including phenoxy) is 2. The molecule has 0 aliphatic rings. The summed E-state index contributed by atoms with van der Waals surface area (Å²) in [5.41, 5.74) is 0. The first-order chi connectivity index (χ1) is 3.91. The van der Waals surface area contributed by atoms with Gasteiger partial charge in [-0.2, -0.15) is 0 Å². The van der Waals surface area contributed by atoms with E-state index in [4.69, 9.17) is 0 Å². The molecule has 0 aromatic carbocycles. The van der Waals surface area contributed by atoms with Crippen LogP contribution in [0, 0.1) is 14.2 Å². The molecule has 0 atom stereocenters. The highest BCUT2D eigenvalue weighted by Gasteiger charge is 1.83. The molecule has 0 aromatic heterocycles. The number of hydrogen-bond acceptors (Lipinski definition) is 2. The zero-order valence-electron chi connectivity index (χ0n) is 5.06. The van der Waals surface area contributed by atoms with Crippen LogP contribution in [0.3, 0.4) is 0 Å². The van der Waals surface area contributed by atoms with Gasteiger partial charge in [-0.25, -0.2) is 0 Å². The predicted molar refractivity (Wildman–Crippen MR) is 31.9 cm³/mol. The summed E-state index contributed by atoms with van der Waals surface area (Å²) in [6.07, 6.45) is 2.00. The Bertz CT molecular complexity index is 31.5. The molecule has 0 amide bonds. The van der Waals surface area contributed by atoms with Crippen molar-refractivity contribution < 1.29 is 9.47 Å². The molecule has 0 N–H and O–H groups in total. The van der Waals surface area contributed by atoms with Gasteiger partial charge in [0.05, 0.1) is 14.2 Å². The highest BCUT2D eigenvalue weighted by molar-refractivity contribution is 4.36. The number of hydrogen-bond donors (Lipinski definition) is 0. The SMILES string of the molecule is [CH2]OCCCCO[CH2]. The molecule has 0 saturated carbocycles. The lowest BCUT2D eigenvalue weighted by Crippen LogP contribution is -1.90. The van der Waals surface area contributed by atoms with E-state index in [2.05, 4.69) is 23.7 Å². The average Bonchev–Trinajstić information content (AvgIpc) is 1.81. The van der Waals surface area contributed by atoms with Crippen LogP contribution in [0.4, 0.5) is 0 Å². The highest BCUT2D eigenvalue weighted by Crippen LogP contribution is 1.88. The average molecular weight is 116 g/mol. The molecular formula is C6H12O2. The molecule has 0 aromatic rings. The maximum atomic E-state index is 4.56. The third-order valence-corrected chi connectivity index (χ3v) is 0.827. The second-order valence-corrected chi connectivity index (χ2v) is 1.52. The predicted octanol–water partition coefficient (Wildman–Crippen LogP) is 1.38. The van der Waals surface area contributed by atoms with Crippen molar-refractivity contribution in [3.05, 3.63) is 14.2 Å². The van der Waals surface area contributed by atoms with Gasteiger partial charge in [-0.3, -0.25) is 0 Å². The molecule has 0 spiro atoms. The number of rotatable bonds is 5. The van der Waals surface area contributed by atoms with Gasteiger partial charge in [0.1, 0.15) is 0 Å². The van der Waals surface area contributed by atoms with E-state index in [0.29, 0.717) is 13.2 Å². The fourth-order valence-corrected chi connectivity index (χ4v) is 0.408. The minimum Gasteiger partial charge on any atom is -0.379 e. The molecular weight excluding hydrogens is 104 g/mol. The quantitative estimate of drug-likeness (QED) is 0.505. The van der Waals surface area contributed by atoms with Crippen molar-refractivity contribution >= 4 is 0 Å². The second kappa shape index (κ2) is 6.92. The fourth-order valence-electron chi connectivity index (χ4n) is 0.408. The molecule has 0 bridgehead atoms. The van der Waals surface area contributed by atoms with E-state index in [0.717, 1.165) is 12.8 Å². The fraction of sp³-hybridized carbons (Fsp3) is 0.667. The van der Waals surface area contributed by atoms with Crippen molar-refractivity contribution in [1.82, 2.24) is 0 Å². The lowest BCUT2D eigenvalue weighted by molar-refractivity contribution is 0.198. The van der Waals surface area contributed by atoms with Crippen LogP contribution in [-0.4, -0.2) is 13.2 Å². The van der Waals surface area contributed by atoms with Gasteiger partial charge < -0.3 is 9.47 Å². The molecule has 0 aliphatic carbocycles. The monoisotopic (exact) mass is 116 g/mol. The second-order valence-electron chi connectivity index (χ2n) is 1.52. The van der Waals surface area contributed by atoms with Crippen LogP contribution in [-0.2, 0) is 9.47 Å². The van der Waals surface area contributed by atoms with Crippen LogP contribution >= 0.6 is 0 Å². The van der Waals surface area contributed by atoms with Gasteiger partial charge in [0.15, 0.2) is 0 Å². The molecule has 2 heteroatoms. The first-order valence-electron chi connectivity index (χ1n) is 2.65. The van der Waals surface area contributed by atoms with E-state index >= 15 is 0 Å². The molecule has 0 unspecified atom stereocenters. The summed E-state index contributed by atoms with van der Waals surface area (Å²) in [6, 6.07) is 0. The van der Waals surface area contributed by atoms with E-state index in [9.17, 15) is 0 Å². The highest BCUT2D eigenvalue weighted by atomic mass is 16.5. The zero-order valence-corrected chi connectivity index (χ0v) is 5.06. The van der Waals surface area contributed by atoms with Crippen molar-refractivity contribution in [2.45, 2.75) is 12.8 Å². The van der Waals surface area contributed by atoms with Crippen molar-refractivity contribution in [2.75, 3.05) is 13.2 Å². The van der Waals surface area contributed by atoms with Crippen molar-refractivity contribution in [3.8, 4) is 0 Å². The van der Waals surface area contributed by atoms with Crippen LogP contribution < -0.4 is 0 Å². The summed E-state index contributed by atoms with van der Waals surface area (Å²) >= 11 is 0. The molecule has 0 heterocycles. The van der Waals surface area contributed by atoms with Crippen LogP contribution in [0.15, 0.2) is 0 Å². The Morgan fingerprint density at radius 3 is 1.50 bits per heavy atom. The van der Waals surface area contributed by atoms with Crippen molar-refractivity contribution in [3.63, 3.8) is 0 Å². The van der Waals surface area contributed by atoms with Gasteiger partial charge in [0.25, 0.3) is 0 Å². The summed E-state index contributed by atoms with van der Waals surface area (Å²) < 4.78 is 9.12. The maximum Gasteiger partial charge on any atom is 0.0700 e. The molecule has 0 aliphatic heterocycles. The summed E-state index contributed by atoms with van der Waals surface area (Å²) in [4.78, 5) is 0. The first kappa shape index (κ1) is 7.92. The van der Waals surface area contributed by atoms with Gasteiger partial charge in [0, 0.05) is 13.2 Å². The third kappa shape index (κ3) is 5.92. The minimum atomic E-state index is 0.712. The largest absolute Gasteiger partial charge is 0.379 e. The molecule has 48 valence electrons. The van der Waals surface area contributed by atoms with E-state index in [1.54, 1.807) is 0 Å². The van der Waals surface area contributed by atoms with Gasteiger partial charge in [-0.05, 0) is 12.8 Å². The van der Waals surface area contributed by atoms with E-state index in [-0.39, 0.29) is 0 Å². The summed E-state index contributed by atoms with van der Waals surface area (Å²) in [5, 5.41) is 0. The Morgan fingerprint density at radius 1 is 0.875 bits per heavy atom. The first-order valence-corrected chi connectivity index (χ1v) is 2.65. The summed E-state index contributed by atoms with van der Waals surface area (Å²) in [5.74, 6) is 0. The maximum absolute atomic E-state index is 4.56. The molecule has 0 saturated heterocycles. The Labute approximate surface area is 50.8 Å². The van der Waals surface area contributed by atoms with Crippen LogP contribution in [0.5, 0.6) is 0 Å². The third-order valence-electron chi connectivity index (χ3n) is 0.827. The molecule has 8 heavy (non-hydrogen) atoms. The standard InChI is InChI=1S/C6H12O2/c1-7-5-3-4-6-8-2/h1-6H2. The smallest absolute Gasteiger partial charge is 0.0700 e. The van der Waals surface area contributed by atoms with Gasteiger partial charge in [0.2, 0.25) is 0 Å². The van der Waals surface area contributed by atoms with E-state index in [1.807, 2.05) is 0 Å². The Hall–Kier alpha value is -0.0800. The Kier molecular flexibility index (Phi) is 6.85. The Morgan fingerprint density at radius 2 is 1.25 bits per heavy atom. The molecule has 2 radical (unpaired) electrons. The molecule has 0 fully saturated rings. The van der Waals surface area contributed by atoms with Crippen LogP contribution in [0.1, 0.15) is 12.8 Å². The van der Waals surface area contributed by atoms with Gasteiger partial charge >= 0.3 is 0 Å². The lowest BCUT2D eigenvalue weighted by atomic mass is 10.3. The Balaban J connectivity index is 2.53. The van der Waals surface area contributed by atoms with Gasteiger partial charge in [-0.1, -0.05) is 0 Å². The molecule has 2 nitrogen and oxygen atoms in total. The zero-order chi connectivity index (χ0) is 6.24. The lowest BCUT2D eigenvalue weighted by Gasteiger charge is -1.95. The van der Waals surface area contributed by atoms with Crippen molar-refractivity contribution in [2.24, 2.45) is 0 Å². The van der Waals surface area contributed by atoms with E-state index in [1.165, 1.54) is 0 Å². The summed E-state index contributed by atoms with van der Waals surface area (Å²) in [7, 11) is 6.45. The molecule has 0 rings (SSSR count).